The molecule has 2 N–H and O–H groups in total. The predicted molar refractivity (Wildman–Crippen MR) is 58.3 cm³/mol. The minimum absolute atomic E-state index is 0.0443. The Kier molecular flexibility index (Phi) is 2.86. The van der Waals surface area contributed by atoms with E-state index < -0.39 is 11.6 Å². The number of halogens is 2. The van der Waals surface area contributed by atoms with Gasteiger partial charge >= 0.3 is 0 Å². The smallest absolute Gasteiger partial charge is 0.220 e. The molecule has 6 heteroatoms. The van der Waals surface area contributed by atoms with Crippen molar-refractivity contribution in [2.75, 3.05) is 12.8 Å². The van der Waals surface area contributed by atoms with E-state index in [0.29, 0.717) is 0 Å². The van der Waals surface area contributed by atoms with Crippen molar-refractivity contribution in [3.05, 3.63) is 36.0 Å². The molecule has 0 saturated carbocycles. The van der Waals surface area contributed by atoms with E-state index in [0.717, 1.165) is 12.1 Å². The van der Waals surface area contributed by atoms with Gasteiger partial charge in [0.1, 0.15) is 17.4 Å². The van der Waals surface area contributed by atoms with E-state index >= 15 is 0 Å². The lowest BCUT2D eigenvalue weighted by Gasteiger charge is -2.07. The number of nitrogen functional groups attached to an aromatic ring is 1. The summed E-state index contributed by atoms with van der Waals surface area (Å²) < 4.78 is 32.1. The first-order valence-electron chi connectivity index (χ1n) is 4.73. The maximum atomic E-state index is 13.7. The lowest BCUT2D eigenvalue weighted by atomic mass is 10.1. The van der Waals surface area contributed by atoms with Gasteiger partial charge in [-0.2, -0.15) is 0 Å². The lowest BCUT2D eigenvalue weighted by Crippen LogP contribution is -1.99. The highest BCUT2D eigenvalue weighted by atomic mass is 19.1. The van der Waals surface area contributed by atoms with Crippen molar-refractivity contribution >= 4 is 5.95 Å². The Morgan fingerprint density at radius 2 is 1.88 bits per heavy atom. The monoisotopic (exact) mass is 237 g/mol. The van der Waals surface area contributed by atoms with E-state index in [-0.39, 0.29) is 23.0 Å². The molecule has 0 atom stereocenters. The Hall–Kier alpha value is -2.24. The van der Waals surface area contributed by atoms with E-state index in [1.807, 2.05) is 0 Å². The SMILES string of the molecule is COc1cc(F)c(-c2ccnc(N)n2)c(F)c1. The van der Waals surface area contributed by atoms with Gasteiger partial charge in [-0.15, -0.1) is 0 Å². The molecule has 0 aliphatic rings. The number of nitrogens with zero attached hydrogens (tertiary/aromatic N) is 2. The number of methoxy groups -OCH3 is 1. The van der Waals surface area contributed by atoms with Crippen LogP contribution >= 0.6 is 0 Å². The Balaban J connectivity index is 2.60. The number of benzene rings is 1. The molecule has 0 saturated heterocycles. The van der Waals surface area contributed by atoms with Gasteiger partial charge in [-0.05, 0) is 6.07 Å². The number of aromatic nitrogens is 2. The largest absolute Gasteiger partial charge is 0.497 e. The van der Waals surface area contributed by atoms with Crippen LogP contribution in [0.25, 0.3) is 11.3 Å². The molecule has 0 unspecified atom stereocenters. The number of ether oxygens (including phenoxy) is 1. The minimum Gasteiger partial charge on any atom is -0.497 e. The third-order valence-corrected chi connectivity index (χ3v) is 2.18. The van der Waals surface area contributed by atoms with Crippen LogP contribution in [0.15, 0.2) is 24.4 Å². The Bertz CT molecular complexity index is 537. The van der Waals surface area contributed by atoms with Gasteiger partial charge in [-0.3, -0.25) is 0 Å². The van der Waals surface area contributed by atoms with Crippen molar-refractivity contribution in [3.63, 3.8) is 0 Å². The van der Waals surface area contributed by atoms with E-state index in [1.165, 1.54) is 19.4 Å². The molecule has 0 fully saturated rings. The lowest BCUT2D eigenvalue weighted by molar-refractivity contribution is 0.407. The highest BCUT2D eigenvalue weighted by Gasteiger charge is 2.15. The molecule has 1 aromatic carbocycles. The molecule has 2 rings (SSSR count). The van der Waals surface area contributed by atoms with Crippen LogP contribution < -0.4 is 10.5 Å². The standard InChI is InChI=1S/C11H9F2N3O/c1-17-6-4-7(12)10(8(13)5-6)9-2-3-15-11(14)16-9/h2-5H,1H3,(H2,14,15,16). The summed E-state index contributed by atoms with van der Waals surface area (Å²) in [6, 6.07) is 3.54. The van der Waals surface area contributed by atoms with Crippen LogP contribution in [-0.4, -0.2) is 17.1 Å². The Morgan fingerprint density at radius 1 is 1.24 bits per heavy atom. The molecule has 0 aliphatic carbocycles. The van der Waals surface area contributed by atoms with Gasteiger partial charge in [0, 0.05) is 18.3 Å². The average molecular weight is 237 g/mol. The molecule has 2 aromatic rings. The molecule has 0 radical (unpaired) electrons. The first-order chi connectivity index (χ1) is 8.11. The fraction of sp³-hybridized carbons (Fsp3) is 0.0909. The first-order valence-corrected chi connectivity index (χ1v) is 4.73. The van der Waals surface area contributed by atoms with Crippen molar-refractivity contribution in [2.45, 2.75) is 0 Å². The van der Waals surface area contributed by atoms with Crippen LogP contribution in [0, 0.1) is 11.6 Å². The van der Waals surface area contributed by atoms with E-state index in [2.05, 4.69) is 9.97 Å². The van der Waals surface area contributed by atoms with Crippen LogP contribution in [0.1, 0.15) is 0 Å². The summed E-state index contributed by atoms with van der Waals surface area (Å²) in [5.41, 5.74) is 5.20. The molecule has 1 heterocycles. The number of nitrogens with two attached hydrogens (primary N) is 1. The first kappa shape index (κ1) is 11.3. The topological polar surface area (TPSA) is 61.0 Å². The molecule has 88 valence electrons. The van der Waals surface area contributed by atoms with Crippen LogP contribution in [0.2, 0.25) is 0 Å². The predicted octanol–water partition coefficient (Wildman–Crippen LogP) is 2.01. The molecular weight excluding hydrogens is 228 g/mol. The summed E-state index contributed by atoms with van der Waals surface area (Å²) in [7, 11) is 1.33. The maximum absolute atomic E-state index is 13.7. The second-order valence-corrected chi connectivity index (χ2v) is 3.27. The van der Waals surface area contributed by atoms with Gasteiger partial charge in [-0.1, -0.05) is 0 Å². The van der Waals surface area contributed by atoms with Crippen LogP contribution in [0.5, 0.6) is 5.75 Å². The quantitative estimate of drug-likeness (QED) is 0.867. The van der Waals surface area contributed by atoms with Crippen molar-refractivity contribution in [3.8, 4) is 17.0 Å². The molecule has 0 bridgehead atoms. The molecule has 0 amide bonds. The second kappa shape index (κ2) is 4.32. The molecule has 17 heavy (non-hydrogen) atoms. The summed E-state index contributed by atoms with van der Waals surface area (Å²) in [5.74, 6) is -1.47. The van der Waals surface area contributed by atoms with Gasteiger partial charge < -0.3 is 10.5 Å². The van der Waals surface area contributed by atoms with E-state index in [4.69, 9.17) is 10.5 Å². The molecule has 0 spiro atoms. The van der Waals surface area contributed by atoms with Crippen LogP contribution in [0.3, 0.4) is 0 Å². The summed E-state index contributed by atoms with van der Waals surface area (Å²) >= 11 is 0. The molecule has 1 aromatic heterocycles. The number of rotatable bonds is 2. The Labute approximate surface area is 96.1 Å². The normalized spacial score (nSPS) is 10.3. The van der Waals surface area contributed by atoms with Crippen molar-refractivity contribution in [2.24, 2.45) is 0 Å². The summed E-state index contributed by atoms with van der Waals surface area (Å²) in [4.78, 5) is 7.42. The second-order valence-electron chi connectivity index (χ2n) is 3.27. The highest BCUT2D eigenvalue weighted by Crippen LogP contribution is 2.28. The number of anilines is 1. The van der Waals surface area contributed by atoms with Crippen molar-refractivity contribution in [1.29, 1.82) is 0 Å². The zero-order valence-corrected chi connectivity index (χ0v) is 8.95. The van der Waals surface area contributed by atoms with Gasteiger partial charge in [0.25, 0.3) is 0 Å². The van der Waals surface area contributed by atoms with E-state index in [9.17, 15) is 8.78 Å². The van der Waals surface area contributed by atoms with Crippen molar-refractivity contribution < 1.29 is 13.5 Å². The zero-order chi connectivity index (χ0) is 12.4. The zero-order valence-electron chi connectivity index (χ0n) is 8.95. The van der Waals surface area contributed by atoms with Gasteiger partial charge in [0.2, 0.25) is 5.95 Å². The molecular formula is C11H9F2N3O. The fourth-order valence-corrected chi connectivity index (χ4v) is 1.43. The average Bonchev–Trinajstić information content (AvgIpc) is 2.28. The van der Waals surface area contributed by atoms with Crippen LogP contribution in [0.4, 0.5) is 14.7 Å². The van der Waals surface area contributed by atoms with Crippen molar-refractivity contribution in [1.82, 2.24) is 9.97 Å². The summed E-state index contributed by atoms with van der Waals surface area (Å²) in [6.07, 6.45) is 1.33. The number of hydrogen-bond acceptors (Lipinski definition) is 4. The minimum atomic E-state index is -0.764. The van der Waals surface area contributed by atoms with E-state index in [1.54, 1.807) is 0 Å². The molecule has 4 nitrogen and oxygen atoms in total. The van der Waals surface area contributed by atoms with Crippen LogP contribution in [-0.2, 0) is 0 Å². The highest BCUT2D eigenvalue weighted by molar-refractivity contribution is 5.62. The maximum Gasteiger partial charge on any atom is 0.220 e. The summed E-state index contributed by atoms with van der Waals surface area (Å²) in [5, 5.41) is 0. The van der Waals surface area contributed by atoms with Gasteiger partial charge in [0.15, 0.2) is 0 Å². The fourth-order valence-electron chi connectivity index (χ4n) is 1.43. The van der Waals surface area contributed by atoms with Gasteiger partial charge in [-0.25, -0.2) is 18.7 Å². The third kappa shape index (κ3) is 2.15. The third-order valence-electron chi connectivity index (χ3n) is 2.18. The number of hydrogen-bond donors (Lipinski definition) is 1. The summed E-state index contributed by atoms with van der Waals surface area (Å²) in [6.45, 7) is 0. The molecule has 0 aliphatic heterocycles. The Morgan fingerprint density at radius 3 is 2.41 bits per heavy atom. The van der Waals surface area contributed by atoms with Gasteiger partial charge in [0.05, 0.1) is 18.4 Å².